The molecular weight excluding hydrogens is 367 g/mol. The number of alkyl halides is 3. The fourth-order valence-corrected chi connectivity index (χ4v) is 3.21. The van der Waals surface area contributed by atoms with Crippen molar-refractivity contribution in [1.29, 1.82) is 0 Å². The summed E-state index contributed by atoms with van der Waals surface area (Å²) in [4.78, 5) is 11.4. The number of hydrogen-bond acceptors (Lipinski definition) is 2. The number of nitrogens with zero attached hydrogens (tertiary/aromatic N) is 1. The summed E-state index contributed by atoms with van der Waals surface area (Å²) in [6.45, 7) is -1.67. The maximum atomic E-state index is 14.0. The average Bonchev–Trinajstić information content (AvgIpc) is 2.62. The van der Waals surface area contributed by atoms with Gasteiger partial charge in [-0.2, -0.15) is 13.2 Å². The van der Waals surface area contributed by atoms with Crippen molar-refractivity contribution in [3.05, 3.63) is 35.4 Å². The minimum Gasteiger partial charge on any atom is -0.465 e. The van der Waals surface area contributed by atoms with Crippen LogP contribution in [-0.2, 0) is 0 Å². The van der Waals surface area contributed by atoms with Crippen LogP contribution in [0, 0.1) is 11.6 Å². The predicted octanol–water partition coefficient (Wildman–Crippen LogP) is 3.67. The van der Waals surface area contributed by atoms with Crippen molar-refractivity contribution >= 4 is 23.3 Å². The fraction of sp³-hybridized carbons (Fsp3) is 0.467. The molecule has 2 unspecified atom stereocenters. The zero-order valence-corrected chi connectivity index (χ0v) is 13.6. The van der Waals surface area contributed by atoms with Crippen molar-refractivity contribution in [3.8, 4) is 0 Å². The number of hydrogen-bond donors (Lipinski definition) is 2. The minimum absolute atomic E-state index is 0.0500. The first kappa shape index (κ1) is 19.4. The lowest BCUT2D eigenvalue weighted by Gasteiger charge is -2.29. The van der Waals surface area contributed by atoms with Gasteiger partial charge in [-0.3, -0.25) is 0 Å². The van der Waals surface area contributed by atoms with E-state index in [0.29, 0.717) is 0 Å². The van der Waals surface area contributed by atoms with Gasteiger partial charge in [0, 0.05) is 12.5 Å². The Hall–Kier alpha value is -1.97. The Bertz CT molecular complexity index is 668. The predicted molar refractivity (Wildman–Crippen MR) is 83.5 cm³/mol. The molecule has 1 saturated heterocycles. The van der Waals surface area contributed by atoms with Crippen LogP contribution in [0.15, 0.2) is 18.2 Å². The van der Waals surface area contributed by atoms with E-state index in [9.17, 15) is 26.7 Å². The molecule has 1 aromatic rings. The molecule has 2 rings (SSSR count). The number of nitrogens with one attached hydrogen (secondary N) is 1. The monoisotopic (exact) mass is 382 g/mol. The van der Waals surface area contributed by atoms with Gasteiger partial charge in [-0.15, -0.1) is 0 Å². The molecular formula is C15H15F5N2O2S. The largest absolute Gasteiger partial charge is 0.465 e. The molecule has 2 N–H and O–H groups in total. The second-order valence-electron chi connectivity index (χ2n) is 5.75. The molecule has 1 heterocycles. The second-order valence-corrected chi connectivity index (χ2v) is 6.17. The van der Waals surface area contributed by atoms with Crippen molar-refractivity contribution in [2.24, 2.45) is 0 Å². The normalized spacial score (nSPS) is 21.8. The van der Waals surface area contributed by atoms with Crippen LogP contribution in [0.5, 0.6) is 0 Å². The molecule has 1 aliphatic heterocycles. The zero-order chi connectivity index (χ0) is 18.8. The third-order valence-electron chi connectivity index (χ3n) is 3.94. The van der Waals surface area contributed by atoms with Crippen LogP contribution < -0.4 is 5.32 Å². The van der Waals surface area contributed by atoms with Crippen LogP contribution in [0.3, 0.4) is 0 Å². The summed E-state index contributed by atoms with van der Waals surface area (Å²) in [6, 6.07) is 2.50. The quantitative estimate of drug-likeness (QED) is 0.619. The van der Waals surface area contributed by atoms with Gasteiger partial charge in [0.2, 0.25) is 0 Å². The van der Waals surface area contributed by atoms with E-state index in [1.807, 2.05) is 0 Å². The van der Waals surface area contributed by atoms with Crippen LogP contribution in [0.25, 0.3) is 0 Å². The van der Waals surface area contributed by atoms with E-state index in [1.165, 1.54) is 12.1 Å². The summed E-state index contributed by atoms with van der Waals surface area (Å²) in [5, 5.41) is 10.9. The number of amides is 1. The Morgan fingerprint density at radius 1 is 1.32 bits per heavy atom. The first-order chi connectivity index (χ1) is 11.6. The van der Waals surface area contributed by atoms with E-state index in [4.69, 9.17) is 17.3 Å². The number of carboxylic acid groups (broad SMARTS) is 1. The molecule has 0 aromatic heterocycles. The zero-order valence-electron chi connectivity index (χ0n) is 12.8. The molecule has 4 nitrogen and oxygen atoms in total. The number of benzene rings is 1. The summed E-state index contributed by atoms with van der Waals surface area (Å²) in [6.07, 6.45) is -5.76. The molecule has 25 heavy (non-hydrogen) atoms. The lowest BCUT2D eigenvalue weighted by molar-refractivity contribution is -0.138. The summed E-state index contributed by atoms with van der Waals surface area (Å²) < 4.78 is 66.0. The number of carbonyl (C=O) groups is 1. The lowest BCUT2D eigenvalue weighted by Crippen LogP contribution is -2.48. The van der Waals surface area contributed by atoms with Crippen molar-refractivity contribution < 1.29 is 31.9 Å². The highest BCUT2D eigenvalue weighted by Gasteiger charge is 2.37. The molecule has 0 aliphatic carbocycles. The second kappa shape index (κ2) is 7.51. The molecule has 1 aliphatic rings. The van der Waals surface area contributed by atoms with Gasteiger partial charge >= 0.3 is 12.3 Å². The summed E-state index contributed by atoms with van der Waals surface area (Å²) >= 11 is 5.02. The van der Waals surface area contributed by atoms with Gasteiger partial charge in [0.1, 0.15) is 11.5 Å². The van der Waals surface area contributed by atoms with Gasteiger partial charge < -0.3 is 15.3 Å². The van der Waals surface area contributed by atoms with E-state index in [-0.39, 0.29) is 29.9 Å². The molecule has 0 spiro atoms. The van der Waals surface area contributed by atoms with Crippen LogP contribution >= 0.6 is 12.2 Å². The maximum absolute atomic E-state index is 14.0. The number of rotatable bonds is 3. The highest BCUT2D eigenvalue weighted by atomic mass is 32.1. The summed E-state index contributed by atoms with van der Waals surface area (Å²) in [5.74, 6) is -2.96. The number of likely N-dealkylation sites (tertiary alicyclic amines) is 1. The maximum Gasteiger partial charge on any atom is 0.405 e. The van der Waals surface area contributed by atoms with Gasteiger partial charge in [0.15, 0.2) is 11.6 Å². The third-order valence-corrected chi connectivity index (χ3v) is 4.49. The Labute approximate surface area is 145 Å². The fourth-order valence-electron chi connectivity index (χ4n) is 2.89. The first-order valence-electron chi connectivity index (χ1n) is 7.37. The van der Waals surface area contributed by atoms with Crippen LogP contribution in [0.2, 0.25) is 0 Å². The van der Waals surface area contributed by atoms with E-state index < -0.39 is 42.4 Å². The summed E-state index contributed by atoms with van der Waals surface area (Å²) in [5.41, 5.74) is -0.0500. The Morgan fingerprint density at radius 2 is 2.00 bits per heavy atom. The van der Waals surface area contributed by atoms with Crippen molar-refractivity contribution in [3.63, 3.8) is 0 Å². The smallest absolute Gasteiger partial charge is 0.405 e. The first-order valence-corrected chi connectivity index (χ1v) is 7.78. The van der Waals surface area contributed by atoms with E-state index in [2.05, 4.69) is 5.32 Å². The standard InChI is InChI=1S/C15H15F5N2O2S/c16-10-3-1-2-9(12(10)17)8-4-5-11(21-14(23)24)13(25)22(6-8)7-15(18,19)20/h1-3,8,11,21H,4-7H2,(H,23,24). The topological polar surface area (TPSA) is 52.6 Å². The molecule has 2 atom stereocenters. The molecule has 1 amide bonds. The molecule has 0 radical (unpaired) electrons. The van der Waals surface area contributed by atoms with Crippen molar-refractivity contribution in [2.75, 3.05) is 13.1 Å². The molecule has 0 bridgehead atoms. The molecule has 10 heteroatoms. The number of halogens is 5. The highest BCUT2D eigenvalue weighted by Crippen LogP contribution is 2.31. The van der Waals surface area contributed by atoms with E-state index in [1.54, 1.807) is 0 Å². The van der Waals surface area contributed by atoms with Gasteiger partial charge in [0.05, 0.1) is 6.04 Å². The van der Waals surface area contributed by atoms with Gasteiger partial charge in [-0.05, 0) is 24.5 Å². The minimum atomic E-state index is -4.58. The summed E-state index contributed by atoms with van der Waals surface area (Å²) in [7, 11) is 0. The van der Waals surface area contributed by atoms with E-state index in [0.717, 1.165) is 11.0 Å². The lowest BCUT2D eigenvalue weighted by atomic mass is 9.93. The van der Waals surface area contributed by atoms with Crippen LogP contribution in [0.1, 0.15) is 24.3 Å². The average molecular weight is 382 g/mol. The van der Waals surface area contributed by atoms with Gasteiger partial charge in [-0.1, -0.05) is 24.4 Å². The molecule has 1 fully saturated rings. The molecule has 138 valence electrons. The van der Waals surface area contributed by atoms with E-state index >= 15 is 0 Å². The SMILES string of the molecule is O=C(O)NC1CCC(c2cccc(F)c2F)CN(CC(F)(F)F)C1=S. The van der Waals surface area contributed by atoms with Crippen molar-refractivity contribution in [1.82, 2.24) is 10.2 Å². The Balaban J connectivity index is 2.33. The van der Waals surface area contributed by atoms with Crippen LogP contribution in [-0.4, -0.2) is 46.4 Å². The Morgan fingerprint density at radius 3 is 2.60 bits per heavy atom. The molecule has 1 aromatic carbocycles. The molecule has 0 saturated carbocycles. The highest BCUT2D eigenvalue weighted by molar-refractivity contribution is 7.80. The Kier molecular flexibility index (Phi) is 5.81. The third kappa shape index (κ3) is 5.00. The van der Waals surface area contributed by atoms with Crippen LogP contribution in [0.4, 0.5) is 26.7 Å². The number of thiocarbonyl (C=S) groups is 1. The van der Waals surface area contributed by atoms with Gasteiger partial charge in [0.25, 0.3) is 0 Å². The van der Waals surface area contributed by atoms with Crippen molar-refractivity contribution in [2.45, 2.75) is 31.0 Å². The van der Waals surface area contributed by atoms with Gasteiger partial charge in [-0.25, -0.2) is 13.6 Å².